The number of fused-ring (bicyclic) bond motifs is 1. The van der Waals surface area contributed by atoms with Gasteiger partial charge in [0.25, 0.3) is 11.8 Å². The predicted molar refractivity (Wildman–Crippen MR) is 120 cm³/mol. The third-order valence-electron chi connectivity index (χ3n) is 4.66. The summed E-state index contributed by atoms with van der Waals surface area (Å²) in [6.45, 7) is 0.647. The molecule has 0 saturated heterocycles. The standard InChI is InChI=1S/C24H17ClF2N2O4/c25-16-12-14(13-21-22(16)33-10-9-32-21)11-15(23(30)28-19-7-3-1-5-17(19)26)24(31)29-20-8-4-2-6-18(20)27/h1-8,11-13H,9-10H2,(H,28,30)(H,29,31). The number of halogens is 3. The van der Waals surface area contributed by atoms with E-state index in [2.05, 4.69) is 10.6 Å². The van der Waals surface area contributed by atoms with Crippen molar-refractivity contribution in [2.45, 2.75) is 0 Å². The van der Waals surface area contributed by atoms with Gasteiger partial charge in [-0.25, -0.2) is 8.78 Å². The number of amides is 2. The summed E-state index contributed by atoms with van der Waals surface area (Å²) >= 11 is 6.26. The topological polar surface area (TPSA) is 76.7 Å². The first-order chi connectivity index (χ1) is 15.9. The molecule has 1 aliphatic rings. The van der Waals surface area contributed by atoms with Crippen LogP contribution in [0.3, 0.4) is 0 Å². The monoisotopic (exact) mass is 470 g/mol. The van der Waals surface area contributed by atoms with E-state index in [0.717, 1.165) is 0 Å². The van der Waals surface area contributed by atoms with E-state index in [4.69, 9.17) is 21.1 Å². The van der Waals surface area contributed by atoms with Gasteiger partial charge >= 0.3 is 0 Å². The molecular weight excluding hydrogens is 454 g/mol. The summed E-state index contributed by atoms with van der Waals surface area (Å²) < 4.78 is 39.1. The molecule has 168 valence electrons. The Hall–Kier alpha value is -3.91. The van der Waals surface area contributed by atoms with Crippen molar-refractivity contribution in [2.75, 3.05) is 23.8 Å². The van der Waals surface area contributed by atoms with E-state index in [1.807, 2.05) is 0 Å². The molecule has 0 fully saturated rings. The van der Waals surface area contributed by atoms with Gasteiger partial charge in [0.2, 0.25) is 0 Å². The minimum absolute atomic E-state index is 0.118. The third-order valence-corrected chi connectivity index (χ3v) is 4.94. The van der Waals surface area contributed by atoms with Crippen LogP contribution in [0.5, 0.6) is 11.5 Å². The fraction of sp³-hybridized carbons (Fsp3) is 0.0833. The lowest BCUT2D eigenvalue weighted by Gasteiger charge is -2.20. The number of hydrogen-bond donors (Lipinski definition) is 2. The summed E-state index contributed by atoms with van der Waals surface area (Å²) in [5, 5.41) is 4.95. The van der Waals surface area contributed by atoms with Crippen molar-refractivity contribution in [3.05, 3.63) is 88.5 Å². The first-order valence-corrected chi connectivity index (χ1v) is 10.2. The Bertz CT molecular complexity index is 1200. The van der Waals surface area contributed by atoms with Crippen molar-refractivity contribution in [1.29, 1.82) is 0 Å². The third kappa shape index (κ3) is 5.12. The normalized spacial score (nSPS) is 12.0. The molecule has 3 aromatic rings. The first kappa shape index (κ1) is 22.3. The van der Waals surface area contributed by atoms with Crippen LogP contribution in [0.4, 0.5) is 20.2 Å². The summed E-state index contributed by atoms with van der Waals surface area (Å²) in [4.78, 5) is 25.9. The van der Waals surface area contributed by atoms with E-state index < -0.39 is 29.0 Å². The second kappa shape index (κ2) is 9.70. The summed E-state index contributed by atoms with van der Waals surface area (Å²) in [7, 11) is 0. The molecule has 0 bridgehead atoms. The Morgan fingerprint density at radius 3 is 1.97 bits per heavy atom. The number of anilines is 2. The Morgan fingerprint density at radius 1 is 0.848 bits per heavy atom. The van der Waals surface area contributed by atoms with E-state index in [1.54, 1.807) is 6.07 Å². The number of nitrogens with one attached hydrogen (secondary N) is 2. The van der Waals surface area contributed by atoms with Crippen LogP contribution < -0.4 is 20.1 Å². The van der Waals surface area contributed by atoms with Gasteiger partial charge in [-0.15, -0.1) is 0 Å². The number of ether oxygens (including phenoxy) is 2. The number of carbonyl (C=O) groups is 2. The molecule has 2 amide bonds. The van der Waals surface area contributed by atoms with Crippen molar-refractivity contribution in [3.8, 4) is 11.5 Å². The van der Waals surface area contributed by atoms with Crippen LogP contribution in [-0.2, 0) is 9.59 Å². The highest BCUT2D eigenvalue weighted by atomic mass is 35.5. The highest BCUT2D eigenvalue weighted by molar-refractivity contribution is 6.33. The molecule has 2 N–H and O–H groups in total. The maximum Gasteiger partial charge on any atom is 0.261 e. The van der Waals surface area contributed by atoms with Crippen LogP contribution >= 0.6 is 11.6 Å². The fourth-order valence-electron chi connectivity index (χ4n) is 3.12. The average Bonchev–Trinajstić information content (AvgIpc) is 2.80. The van der Waals surface area contributed by atoms with Crippen LogP contribution in [0.25, 0.3) is 6.08 Å². The summed E-state index contributed by atoms with van der Waals surface area (Å²) in [6, 6.07) is 14.0. The van der Waals surface area contributed by atoms with Gasteiger partial charge in [-0.05, 0) is 48.0 Å². The zero-order chi connectivity index (χ0) is 23.4. The van der Waals surface area contributed by atoms with Gasteiger partial charge < -0.3 is 20.1 Å². The van der Waals surface area contributed by atoms with Crippen LogP contribution in [0.15, 0.2) is 66.2 Å². The quantitative estimate of drug-likeness (QED) is 0.311. The van der Waals surface area contributed by atoms with Crippen LogP contribution in [0.1, 0.15) is 5.56 Å². The smallest absolute Gasteiger partial charge is 0.261 e. The molecule has 3 aromatic carbocycles. The van der Waals surface area contributed by atoms with Crippen LogP contribution in [0.2, 0.25) is 5.02 Å². The van der Waals surface area contributed by atoms with Crippen molar-refractivity contribution in [3.63, 3.8) is 0 Å². The number of carbonyl (C=O) groups excluding carboxylic acids is 2. The Morgan fingerprint density at radius 2 is 1.39 bits per heavy atom. The molecule has 0 atom stereocenters. The Labute approximate surface area is 192 Å². The second-order valence-corrected chi connectivity index (χ2v) is 7.36. The largest absolute Gasteiger partial charge is 0.486 e. The number of hydrogen-bond acceptors (Lipinski definition) is 4. The molecule has 0 aromatic heterocycles. The molecule has 33 heavy (non-hydrogen) atoms. The first-order valence-electron chi connectivity index (χ1n) is 9.85. The lowest BCUT2D eigenvalue weighted by molar-refractivity contribution is -0.118. The Kier molecular flexibility index (Phi) is 6.55. The summed E-state index contributed by atoms with van der Waals surface area (Å²) in [6.07, 6.45) is 1.25. The van der Waals surface area contributed by atoms with Crippen molar-refractivity contribution in [1.82, 2.24) is 0 Å². The molecule has 9 heteroatoms. The molecule has 1 aliphatic heterocycles. The maximum atomic E-state index is 14.1. The molecule has 0 radical (unpaired) electrons. The van der Waals surface area contributed by atoms with Gasteiger partial charge in [0.1, 0.15) is 30.4 Å². The second-order valence-electron chi connectivity index (χ2n) is 6.95. The van der Waals surface area contributed by atoms with E-state index in [0.29, 0.717) is 30.3 Å². The van der Waals surface area contributed by atoms with Gasteiger partial charge in [-0.3, -0.25) is 9.59 Å². The van der Waals surface area contributed by atoms with Crippen LogP contribution in [0, 0.1) is 11.6 Å². The zero-order valence-electron chi connectivity index (χ0n) is 17.0. The van der Waals surface area contributed by atoms with E-state index in [-0.39, 0.29) is 16.4 Å². The van der Waals surface area contributed by atoms with Gasteiger partial charge in [-0.1, -0.05) is 35.9 Å². The number of para-hydroxylation sites is 2. The molecule has 0 aliphatic carbocycles. The van der Waals surface area contributed by atoms with Gasteiger partial charge in [0, 0.05) is 0 Å². The van der Waals surface area contributed by atoms with E-state index in [1.165, 1.54) is 60.7 Å². The molecule has 0 spiro atoms. The average molecular weight is 471 g/mol. The zero-order valence-corrected chi connectivity index (χ0v) is 17.8. The van der Waals surface area contributed by atoms with Crippen molar-refractivity contribution < 1.29 is 27.8 Å². The van der Waals surface area contributed by atoms with Gasteiger partial charge in [0.05, 0.1) is 16.4 Å². The molecule has 0 saturated carbocycles. The van der Waals surface area contributed by atoms with Gasteiger partial charge in [-0.2, -0.15) is 0 Å². The predicted octanol–water partition coefficient (Wildman–Crippen LogP) is 5.05. The van der Waals surface area contributed by atoms with Crippen molar-refractivity contribution in [2.24, 2.45) is 0 Å². The molecule has 6 nitrogen and oxygen atoms in total. The number of benzene rings is 3. The molecular formula is C24H17ClF2N2O4. The maximum absolute atomic E-state index is 14.1. The summed E-state index contributed by atoms with van der Waals surface area (Å²) in [5.41, 5.74) is -0.291. The molecule has 0 unspecified atom stereocenters. The highest BCUT2D eigenvalue weighted by Gasteiger charge is 2.22. The van der Waals surface area contributed by atoms with Gasteiger partial charge in [0.15, 0.2) is 11.5 Å². The lowest BCUT2D eigenvalue weighted by Crippen LogP contribution is -2.26. The molecule has 4 rings (SSSR count). The highest BCUT2D eigenvalue weighted by Crippen LogP contribution is 2.39. The fourth-order valence-corrected chi connectivity index (χ4v) is 3.39. The molecule has 1 heterocycles. The lowest BCUT2D eigenvalue weighted by atomic mass is 10.1. The number of rotatable bonds is 5. The van der Waals surface area contributed by atoms with E-state index in [9.17, 15) is 18.4 Å². The minimum Gasteiger partial charge on any atom is -0.486 e. The summed E-state index contributed by atoms with van der Waals surface area (Å²) in [5.74, 6) is -2.46. The SMILES string of the molecule is O=C(Nc1ccccc1F)C(=Cc1cc(Cl)c2c(c1)OCCO2)C(=O)Nc1ccccc1F. The Balaban J connectivity index is 1.71. The van der Waals surface area contributed by atoms with Crippen LogP contribution in [-0.4, -0.2) is 25.0 Å². The van der Waals surface area contributed by atoms with E-state index >= 15 is 0 Å². The minimum atomic E-state index is -0.903. The van der Waals surface area contributed by atoms with Crippen molar-refractivity contribution >= 4 is 40.9 Å².